The zero-order valence-corrected chi connectivity index (χ0v) is 18.8. The molecule has 2 N–H and O–H groups in total. The molecule has 5 nitrogen and oxygen atoms in total. The highest BCUT2D eigenvalue weighted by Crippen LogP contribution is 2.26. The molecule has 2 amide bonds. The van der Waals surface area contributed by atoms with Crippen LogP contribution in [0.5, 0.6) is 5.75 Å². The Morgan fingerprint density at radius 3 is 2.03 bits per heavy atom. The predicted octanol–water partition coefficient (Wildman–Crippen LogP) is 4.79. The number of hydrogen-bond acceptors (Lipinski definition) is 3. The van der Waals surface area contributed by atoms with Gasteiger partial charge in [0.25, 0.3) is 11.8 Å². The highest BCUT2D eigenvalue weighted by molar-refractivity contribution is 5.94. The van der Waals surface area contributed by atoms with Gasteiger partial charge >= 0.3 is 0 Å². The number of amides is 2. The van der Waals surface area contributed by atoms with E-state index in [0.717, 1.165) is 22.4 Å². The highest BCUT2D eigenvalue weighted by atomic mass is 16.5. The van der Waals surface area contributed by atoms with Gasteiger partial charge in [-0.25, -0.2) is 0 Å². The number of rotatable bonds is 9. The first-order valence-electron chi connectivity index (χ1n) is 10.9. The van der Waals surface area contributed by atoms with Crippen LogP contribution >= 0.6 is 0 Å². The summed E-state index contributed by atoms with van der Waals surface area (Å²) in [6, 6.07) is 25.2. The van der Waals surface area contributed by atoms with Crippen molar-refractivity contribution in [3.05, 3.63) is 90.0 Å². The van der Waals surface area contributed by atoms with E-state index in [1.165, 1.54) is 0 Å². The Balaban J connectivity index is 1.43. The molecule has 3 rings (SSSR count). The standard InChI is InChI=1S/C27H30N2O3/c1-19(2)24-11-7-8-12-25(24)32-20(3)26(30)28-17-18-29-27(31)23-15-13-22(14-16-23)21-9-5-4-6-10-21/h4-16,19-20H,17-18H2,1-3H3,(H,28,30)(H,29,31). The average molecular weight is 431 g/mol. The van der Waals surface area contributed by atoms with Crippen LogP contribution in [0.1, 0.15) is 42.6 Å². The van der Waals surface area contributed by atoms with E-state index in [-0.39, 0.29) is 11.8 Å². The molecule has 0 saturated carbocycles. The lowest BCUT2D eigenvalue weighted by Crippen LogP contribution is -2.40. The summed E-state index contributed by atoms with van der Waals surface area (Å²) in [4.78, 5) is 24.7. The van der Waals surface area contributed by atoms with Crippen molar-refractivity contribution in [1.82, 2.24) is 10.6 Å². The lowest BCUT2D eigenvalue weighted by Gasteiger charge is -2.18. The lowest BCUT2D eigenvalue weighted by molar-refractivity contribution is -0.127. The molecule has 0 aliphatic rings. The first kappa shape index (κ1) is 23.1. The molecule has 0 heterocycles. The minimum absolute atomic E-state index is 0.172. The van der Waals surface area contributed by atoms with Crippen LogP contribution in [-0.2, 0) is 4.79 Å². The SMILES string of the molecule is CC(Oc1ccccc1C(C)C)C(=O)NCCNC(=O)c1ccc(-c2ccccc2)cc1. The molecule has 0 aliphatic carbocycles. The summed E-state index contributed by atoms with van der Waals surface area (Å²) >= 11 is 0. The monoisotopic (exact) mass is 430 g/mol. The Morgan fingerprint density at radius 1 is 0.750 bits per heavy atom. The van der Waals surface area contributed by atoms with Gasteiger partial charge in [0.1, 0.15) is 5.75 Å². The van der Waals surface area contributed by atoms with Crippen LogP contribution in [0, 0.1) is 0 Å². The molecule has 3 aromatic rings. The zero-order valence-electron chi connectivity index (χ0n) is 18.8. The average Bonchev–Trinajstić information content (AvgIpc) is 2.82. The van der Waals surface area contributed by atoms with E-state index in [1.807, 2.05) is 66.7 Å². The summed E-state index contributed by atoms with van der Waals surface area (Å²) < 4.78 is 5.86. The van der Waals surface area contributed by atoms with Crippen molar-refractivity contribution in [2.45, 2.75) is 32.8 Å². The van der Waals surface area contributed by atoms with Crippen LogP contribution in [0.25, 0.3) is 11.1 Å². The summed E-state index contributed by atoms with van der Waals surface area (Å²) in [6.45, 7) is 6.56. The first-order valence-corrected chi connectivity index (χ1v) is 10.9. The Kier molecular flexibility index (Phi) is 8.03. The van der Waals surface area contributed by atoms with Crippen molar-refractivity contribution in [1.29, 1.82) is 0 Å². The maximum atomic E-state index is 12.4. The fourth-order valence-corrected chi connectivity index (χ4v) is 3.36. The molecule has 0 aromatic heterocycles. The third-order valence-corrected chi connectivity index (χ3v) is 5.18. The van der Waals surface area contributed by atoms with Gasteiger partial charge in [-0.15, -0.1) is 0 Å². The van der Waals surface area contributed by atoms with Gasteiger partial charge in [-0.2, -0.15) is 0 Å². The number of carbonyl (C=O) groups excluding carboxylic acids is 2. The van der Waals surface area contributed by atoms with Gasteiger partial charge in [-0.05, 0) is 47.7 Å². The largest absolute Gasteiger partial charge is 0.481 e. The lowest BCUT2D eigenvalue weighted by atomic mass is 10.0. The highest BCUT2D eigenvalue weighted by Gasteiger charge is 2.17. The maximum absolute atomic E-state index is 12.4. The Morgan fingerprint density at radius 2 is 1.34 bits per heavy atom. The minimum Gasteiger partial charge on any atom is -0.481 e. The van der Waals surface area contributed by atoms with Gasteiger partial charge < -0.3 is 15.4 Å². The number of hydrogen-bond donors (Lipinski definition) is 2. The summed E-state index contributed by atoms with van der Waals surface area (Å²) in [5.74, 6) is 0.634. The third kappa shape index (κ3) is 6.20. The molecule has 0 bridgehead atoms. The molecule has 166 valence electrons. The van der Waals surface area contributed by atoms with Gasteiger partial charge in [-0.1, -0.05) is 74.5 Å². The van der Waals surface area contributed by atoms with E-state index in [9.17, 15) is 9.59 Å². The number of ether oxygens (including phenoxy) is 1. The molecule has 0 fully saturated rings. The Hall–Kier alpha value is -3.60. The van der Waals surface area contributed by atoms with Crippen molar-refractivity contribution in [3.8, 4) is 16.9 Å². The molecule has 0 saturated heterocycles. The number of para-hydroxylation sites is 1. The van der Waals surface area contributed by atoms with E-state index in [4.69, 9.17) is 4.74 Å². The number of nitrogens with one attached hydrogen (secondary N) is 2. The van der Waals surface area contributed by atoms with Crippen LogP contribution in [0.15, 0.2) is 78.9 Å². The molecule has 1 atom stereocenters. The smallest absolute Gasteiger partial charge is 0.260 e. The molecule has 3 aromatic carbocycles. The van der Waals surface area contributed by atoms with E-state index >= 15 is 0 Å². The molecule has 32 heavy (non-hydrogen) atoms. The maximum Gasteiger partial charge on any atom is 0.260 e. The second-order valence-electron chi connectivity index (χ2n) is 7.94. The molecule has 1 unspecified atom stereocenters. The molecular formula is C27H30N2O3. The van der Waals surface area contributed by atoms with Crippen molar-refractivity contribution in [3.63, 3.8) is 0 Å². The Labute approximate surface area is 189 Å². The van der Waals surface area contributed by atoms with Crippen LogP contribution in [0.4, 0.5) is 0 Å². The molecule has 0 radical (unpaired) electrons. The normalized spacial score (nSPS) is 11.6. The van der Waals surface area contributed by atoms with Gasteiger partial charge in [0.15, 0.2) is 6.10 Å². The van der Waals surface area contributed by atoms with Crippen molar-refractivity contribution in [2.24, 2.45) is 0 Å². The molecule has 5 heteroatoms. The summed E-state index contributed by atoms with van der Waals surface area (Å²) in [6.07, 6.45) is -0.629. The summed E-state index contributed by atoms with van der Waals surface area (Å²) in [5.41, 5.74) is 3.81. The van der Waals surface area contributed by atoms with E-state index < -0.39 is 6.10 Å². The van der Waals surface area contributed by atoms with Crippen molar-refractivity contribution in [2.75, 3.05) is 13.1 Å². The minimum atomic E-state index is -0.629. The van der Waals surface area contributed by atoms with Crippen LogP contribution < -0.4 is 15.4 Å². The van der Waals surface area contributed by atoms with E-state index in [2.05, 4.69) is 24.5 Å². The van der Waals surface area contributed by atoms with Gasteiger partial charge in [0.05, 0.1) is 0 Å². The second-order valence-corrected chi connectivity index (χ2v) is 7.94. The van der Waals surface area contributed by atoms with Gasteiger partial charge in [-0.3, -0.25) is 9.59 Å². The molecule has 0 spiro atoms. The third-order valence-electron chi connectivity index (χ3n) is 5.18. The van der Waals surface area contributed by atoms with Crippen molar-refractivity contribution < 1.29 is 14.3 Å². The quantitative estimate of drug-likeness (QED) is 0.480. The van der Waals surface area contributed by atoms with E-state index in [1.54, 1.807) is 19.1 Å². The predicted molar refractivity (Wildman–Crippen MR) is 128 cm³/mol. The van der Waals surface area contributed by atoms with Crippen LogP contribution in [0.3, 0.4) is 0 Å². The van der Waals surface area contributed by atoms with Crippen LogP contribution in [0.2, 0.25) is 0 Å². The Bertz CT molecular complexity index is 1030. The summed E-state index contributed by atoms with van der Waals surface area (Å²) in [7, 11) is 0. The first-order chi connectivity index (χ1) is 15.5. The second kappa shape index (κ2) is 11.1. The molecular weight excluding hydrogens is 400 g/mol. The fourth-order valence-electron chi connectivity index (χ4n) is 3.36. The van der Waals surface area contributed by atoms with Crippen LogP contribution in [-0.4, -0.2) is 31.0 Å². The fraction of sp³-hybridized carbons (Fsp3) is 0.259. The van der Waals surface area contributed by atoms with E-state index in [0.29, 0.717) is 24.6 Å². The molecule has 0 aliphatic heterocycles. The summed E-state index contributed by atoms with van der Waals surface area (Å²) in [5, 5.41) is 5.64. The topological polar surface area (TPSA) is 67.4 Å². The van der Waals surface area contributed by atoms with Gasteiger partial charge in [0, 0.05) is 18.7 Å². The van der Waals surface area contributed by atoms with Gasteiger partial charge in [0.2, 0.25) is 0 Å². The zero-order chi connectivity index (χ0) is 22.9. The number of benzene rings is 3. The van der Waals surface area contributed by atoms with Crippen molar-refractivity contribution >= 4 is 11.8 Å². The number of carbonyl (C=O) groups is 2.